The van der Waals surface area contributed by atoms with Crippen LogP contribution in [-0.4, -0.2) is 42.2 Å². The van der Waals surface area contributed by atoms with E-state index in [1.165, 1.54) is 0 Å². The zero-order chi connectivity index (χ0) is 14.9. The SMILES string of the molecule is CN(C)CCNc1c([N+](=O)[O-])c(Cl)cc2c1no[n+]2[O-]. The molecule has 108 valence electrons. The molecule has 0 bridgehead atoms. The third-order valence-electron chi connectivity index (χ3n) is 2.65. The monoisotopic (exact) mass is 301 g/mol. The highest BCUT2D eigenvalue weighted by Gasteiger charge is 2.28. The van der Waals surface area contributed by atoms with Crippen molar-refractivity contribution in [3.05, 3.63) is 26.4 Å². The fourth-order valence-corrected chi connectivity index (χ4v) is 1.99. The largest absolute Gasteiger partial charge is 0.374 e. The lowest BCUT2D eigenvalue weighted by atomic mass is 10.2. The van der Waals surface area contributed by atoms with Gasteiger partial charge in [0.15, 0.2) is 5.69 Å². The number of fused-ring (bicyclic) bond motifs is 1. The Morgan fingerprint density at radius 3 is 2.90 bits per heavy atom. The average molecular weight is 302 g/mol. The molecule has 2 aromatic rings. The van der Waals surface area contributed by atoms with Crippen LogP contribution in [0.15, 0.2) is 10.7 Å². The van der Waals surface area contributed by atoms with Gasteiger partial charge in [-0.2, -0.15) is 0 Å². The molecule has 0 saturated carbocycles. The lowest BCUT2D eigenvalue weighted by Gasteiger charge is -2.11. The second-order valence-corrected chi connectivity index (χ2v) is 4.77. The van der Waals surface area contributed by atoms with Gasteiger partial charge in [-0.15, -0.1) is 0 Å². The molecular weight excluding hydrogens is 290 g/mol. The average Bonchev–Trinajstić information content (AvgIpc) is 2.70. The van der Waals surface area contributed by atoms with Crippen LogP contribution in [0.25, 0.3) is 11.0 Å². The second kappa shape index (κ2) is 5.47. The molecule has 20 heavy (non-hydrogen) atoms. The number of likely N-dealkylation sites (N-methyl/N-ethyl adjacent to an activating group) is 1. The molecule has 0 aliphatic carbocycles. The van der Waals surface area contributed by atoms with Crippen LogP contribution < -0.4 is 10.2 Å². The standard InChI is InChI=1S/C10H12ClN5O4/c1-14(2)4-3-12-9-8-7(16(19)20-13-8)5-6(11)10(9)15(17)18/h5,12H,3-4H2,1-2H3. The van der Waals surface area contributed by atoms with Crippen LogP contribution in [0.2, 0.25) is 5.02 Å². The lowest BCUT2D eigenvalue weighted by molar-refractivity contribution is -0.782. The molecule has 1 heterocycles. The summed E-state index contributed by atoms with van der Waals surface area (Å²) in [6.45, 7) is 1.06. The first-order chi connectivity index (χ1) is 9.41. The molecule has 9 nitrogen and oxygen atoms in total. The molecule has 0 unspecified atom stereocenters. The summed E-state index contributed by atoms with van der Waals surface area (Å²) in [4.78, 5) is 12.6. The Balaban J connectivity index is 2.51. The van der Waals surface area contributed by atoms with Gasteiger partial charge < -0.3 is 15.4 Å². The summed E-state index contributed by atoms with van der Waals surface area (Å²) in [6.07, 6.45) is 0. The Bertz CT molecular complexity index is 657. The van der Waals surface area contributed by atoms with Gasteiger partial charge in [-0.05, 0) is 19.0 Å². The fraction of sp³-hybridized carbons (Fsp3) is 0.400. The number of anilines is 1. The van der Waals surface area contributed by atoms with Crippen LogP contribution >= 0.6 is 11.6 Å². The topological polar surface area (TPSA) is 111 Å². The van der Waals surface area contributed by atoms with E-state index in [4.69, 9.17) is 11.6 Å². The highest BCUT2D eigenvalue weighted by atomic mass is 35.5. The number of nitrogens with zero attached hydrogens (tertiary/aromatic N) is 4. The lowest BCUT2D eigenvalue weighted by Crippen LogP contribution is -2.23. The summed E-state index contributed by atoms with van der Waals surface area (Å²) in [5.74, 6) is 0. The molecule has 10 heteroatoms. The maximum Gasteiger partial charge on any atom is 0.315 e. The molecule has 0 atom stereocenters. The van der Waals surface area contributed by atoms with Crippen molar-refractivity contribution in [1.82, 2.24) is 10.1 Å². The van der Waals surface area contributed by atoms with Crippen LogP contribution in [0.4, 0.5) is 11.4 Å². The first kappa shape index (κ1) is 14.3. The Morgan fingerprint density at radius 1 is 1.60 bits per heavy atom. The normalized spacial score (nSPS) is 11.2. The minimum absolute atomic E-state index is 0.0351. The van der Waals surface area contributed by atoms with Crippen molar-refractivity contribution in [1.29, 1.82) is 0 Å². The van der Waals surface area contributed by atoms with E-state index in [0.717, 1.165) is 6.07 Å². The minimum Gasteiger partial charge on any atom is -0.374 e. The number of nitro benzene ring substituents is 1. The summed E-state index contributed by atoms with van der Waals surface area (Å²) >= 11 is 5.86. The van der Waals surface area contributed by atoms with E-state index in [1.807, 2.05) is 19.0 Å². The Hall–Kier alpha value is -2.13. The van der Waals surface area contributed by atoms with Gasteiger partial charge in [-0.3, -0.25) is 14.7 Å². The van der Waals surface area contributed by atoms with Crippen molar-refractivity contribution in [2.75, 3.05) is 32.5 Å². The first-order valence-corrected chi connectivity index (χ1v) is 6.04. The zero-order valence-electron chi connectivity index (χ0n) is 10.8. The van der Waals surface area contributed by atoms with Crippen molar-refractivity contribution >= 4 is 34.0 Å². The highest BCUT2D eigenvalue weighted by Crippen LogP contribution is 2.37. The molecular formula is C10H12ClN5O4. The summed E-state index contributed by atoms with van der Waals surface area (Å²) < 4.78 is 4.45. The number of halogens is 1. The van der Waals surface area contributed by atoms with Gasteiger partial charge in [-0.25, -0.2) is 0 Å². The number of hydrogen-bond donors (Lipinski definition) is 1. The smallest absolute Gasteiger partial charge is 0.315 e. The van der Waals surface area contributed by atoms with E-state index >= 15 is 0 Å². The van der Waals surface area contributed by atoms with Gasteiger partial charge in [0.2, 0.25) is 5.52 Å². The van der Waals surface area contributed by atoms with E-state index < -0.39 is 4.92 Å². The van der Waals surface area contributed by atoms with Crippen LogP contribution in [-0.2, 0) is 0 Å². The molecule has 0 spiro atoms. The molecule has 1 aromatic heterocycles. The van der Waals surface area contributed by atoms with E-state index in [9.17, 15) is 15.3 Å². The van der Waals surface area contributed by atoms with Crippen molar-refractivity contribution in [3.8, 4) is 0 Å². The Morgan fingerprint density at radius 2 is 2.30 bits per heavy atom. The molecule has 0 fully saturated rings. The third-order valence-corrected chi connectivity index (χ3v) is 2.94. The van der Waals surface area contributed by atoms with E-state index in [2.05, 4.69) is 15.1 Å². The predicted molar refractivity (Wildman–Crippen MR) is 71.7 cm³/mol. The molecule has 2 rings (SSSR count). The summed E-state index contributed by atoms with van der Waals surface area (Å²) in [7, 11) is 3.73. The summed E-state index contributed by atoms with van der Waals surface area (Å²) in [5, 5.41) is 28.8. The molecule has 0 aliphatic rings. The number of benzene rings is 1. The molecule has 0 saturated heterocycles. The Labute approximate surface area is 118 Å². The maximum atomic E-state index is 11.4. The summed E-state index contributed by atoms with van der Waals surface area (Å²) in [5.41, 5.74) is -0.132. The van der Waals surface area contributed by atoms with Gasteiger partial charge in [0.1, 0.15) is 5.02 Å². The Kier molecular flexibility index (Phi) is 3.91. The van der Waals surface area contributed by atoms with Crippen LogP contribution in [0.5, 0.6) is 0 Å². The molecule has 0 amide bonds. The molecule has 0 radical (unpaired) electrons. The van der Waals surface area contributed by atoms with Gasteiger partial charge in [0.25, 0.3) is 5.52 Å². The summed E-state index contributed by atoms with van der Waals surface area (Å²) in [6, 6.07) is 1.16. The van der Waals surface area contributed by atoms with E-state index in [0.29, 0.717) is 13.1 Å². The predicted octanol–water partition coefficient (Wildman–Crippen LogP) is 0.996. The van der Waals surface area contributed by atoms with Crippen LogP contribution in [0.1, 0.15) is 0 Å². The molecule has 0 aliphatic heterocycles. The fourth-order valence-electron chi connectivity index (χ4n) is 1.72. The maximum absolute atomic E-state index is 11.4. The van der Waals surface area contributed by atoms with Crippen molar-refractivity contribution in [2.24, 2.45) is 0 Å². The number of nitro groups is 1. The number of hydrogen-bond acceptors (Lipinski definition) is 7. The van der Waals surface area contributed by atoms with Crippen LogP contribution in [0, 0.1) is 15.3 Å². The van der Waals surface area contributed by atoms with Crippen LogP contribution in [0.3, 0.4) is 0 Å². The van der Waals surface area contributed by atoms with Gasteiger partial charge in [0, 0.05) is 24.3 Å². The number of nitrogens with one attached hydrogen (secondary N) is 1. The molecule has 1 aromatic carbocycles. The van der Waals surface area contributed by atoms with E-state index in [1.54, 1.807) is 0 Å². The van der Waals surface area contributed by atoms with Gasteiger partial charge in [0.05, 0.1) is 4.92 Å². The van der Waals surface area contributed by atoms with Crippen molar-refractivity contribution < 1.29 is 14.5 Å². The number of rotatable bonds is 5. The number of aromatic nitrogens is 2. The second-order valence-electron chi connectivity index (χ2n) is 4.37. The van der Waals surface area contributed by atoms with E-state index in [-0.39, 0.29) is 32.3 Å². The molecule has 1 N–H and O–H groups in total. The van der Waals surface area contributed by atoms with Crippen molar-refractivity contribution in [2.45, 2.75) is 0 Å². The first-order valence-electron chi connectivity index (χ1n) is 5.66. The minimum atomic E-state index is -0.621. The van der Waals surface area contributed by atoms with Gasteiger partial charge >= 0.3 is 5.69 Å². The zero-order valence-corrected chi connectivity index (χ0v) is 11.5. The van der Waals surface area contributed by atoms with Crippen molar-refractivity contribution in [3.63, 3.8) is 0 Å². The quantitative estimate of drug-likeness (QED) is 0.498. The highest BCUT2D eigenvalue weighted by molar-refractivity contribution is 6.34. The third kappa shape index (κ3) is 2.58. The van der Waals surface area contributed by atoms with Gasteiger partial charge in [-0.1, -0.05) is 11.6 Å².